The van der Waals surface area contributed by atoms with E-state index in [9.17, 15) is 4.79 Å². The Morgan fingerprint density at radius 1 is 1.53 bits per heavy atom. The topological polar surface area (TPSA) is 50.4 Å². The molecule has 1 fully saturated rings. The molecule has 4 heteroatoms. The zero-order valence-electron chi connectivity index (χ0n) is 11.1. The standard InChI is InChI=1S/C13H26N2O2/c1-3-11(2)15-13(16)6-7-14-9-12-5-4-8-17-10-12/h11-12,14H,3-10H2,1-2H3,(H,15,16). The van der Waals surface area contributed by atoms with Gasteiger partial charge in [-0.05, 0) is 32.1 Å². The van der Waals surface area contributed by atoms with Gasteiger partial charge >= 0.3 is 0 Å². The summed E-state index contributed by atoms with van der Waals surface area (Å²) in [4.78, 5) is 11.5. The lowest BCUT2D eigenvalue weighted by Crippen LogP contribution is -2.35. The van der Waals surface area contributed by atoms with Gasteiger partial charge in [0.25, 0.3) is 0 Å². The molecule has 1 amide bonds. The molecule has 100 valence electrons. The van der Waals surface area contributed by atoms with Gasteiger partial charge in [0.15, 0.2) is 0 Å². The molecule has 1 aliphatic rings. The average Bonchev–Trinajstić information content (AvgIpc) is 2.36. The lowest BCUT2D eigenvalue weighted by molar-refractivity contribution is -0.121. The number of ether oxygens (including phenoxy) is 1. The predicted molar refractivity (Wildman–Crippen MR) is 68.9 cm³/mol. The number of carbonyl (C=O) groups excluding carboxylic acids is 1. The van der Waals surface area contributed by atoms with E-state index in [4.69, 9.17) is 4.74 Å². The van der Waals surface area contributed by atoms with Crippen LogP contribution in [0.15, 0.2) is 0 Å². The highest BCUT2D eigenvalue weighted by atomic mass is 16.5. The SMILES string of the molecule is CCC(C)NC(=O)CCNCC1CCCOC1. The molecule has 17 heavy (non-hydrogen) atoms. The molecule has 1 saturated heterocycles. The largest absolute Gasteiger partial charge is 0.381 e. The fourth-order valence-electron chi connectivity index (χ4n) is 1.93. The normalized spacial score (nSPS) is 22.1. The van der Waals surface area contributed by atoms with Gasteiger partial charge in [0.05, 0.1) is 6.61 Å². The number of hydrogen-bond donors (Lipinski definition) is 2. The summed E-state index contributed by atoms with van der Waals surface area (Å²) in [6.07, 6.45) is 3.96. The van der Waals surface area contributed by atoms with Crippen LogP contribution < -0.4 is 10.6 Å². The second-order valence-electron chi connectivity index (χ2n) is 4.91. The molecular formula is C13H26N2O2. The van der Waals surface area contributed by atoms with E-state index in [1.165, 1.54) is 12.8 Å². The van der Waals surface area contributed by atoms with Gasteiger partial charge < -0.3 is 15.4 Å². The molecule has 0 radical (unpaired) electrons. The van der Waals surface area contributed by atoms with Crippen LogP contribution in [0, 0.1) is 5.92 Å². The monoisotopic (exact) mass is 242 g/mol. The molecule has 0 saturated carbocycles. The first kappa shape index (κ1) is 14.5. The Bertz CT molecular complexity index is 215. The van der Waals surface area contributed by atoms with E-state index in [1.807, 2.05) is 6.92 Å². The molecule has 1 aliphatic heterocycles. The van der Waals surface area contributed by atoms with Crippen molar-refractivity contribution in [3.8, 4) is 0 Å². The van der Waals surface area contributed by atoms with E-state index >= 15 is 0 Å². The smallest absolute Gasteiger partial charge is 0.221 e. The number of carbonyl (C=O) groups is 1. The van der Waals surface area contributed by atoms with Crippen molar-refractivity contribution in [3.63, 3.8) is 0 Å². The van der Waals surface area contributed by atoms with E-state index in [1.54, 1.807) is 0 Å². The predicted octanol–water partition coefficient (Wildman–Crippen LogP) is 1.31. The Labute approximate surface area is 104 Å². The fourth-order valence-corrected chi connectivity index (χ4v) is 1.93. The molecule has 0 aromatic rings. The Balaban J connectivity index is 1.97. The summed E-state index contributed by atoms with van der Waals surface area (Å²) in [5.41, 5.74) is 0. The fraction of sp³-hybridized carbons (Fsp3) is 0.923. The molecule has 2 N–H and O–H groups in total. The van der Waals surface area contributed by atoms with Crippen molar-refractivity contribution in [2.45, 2.75) is 45.6 Å². The van der Waals surface area contributed by atoms with E-state index in [-0.39, 0.29) is 11.9 Å². The van der Waals surface area contributed by atoms with Crippen molar-refractivity contribution in [2.24, 2.45) is 5.92 Å². The lowest BCUT2D eigenvalue weighted by atomic mass is 10.0. The van der Waals surface area contributed by atoms with Gasteiger partial charge in [0, 0.05) is 32.2 Å². The molecule has 2 atom stereocenters. The Hall–Kier alpha value is -0.610. The van der Waals surface area contributed by atoms with Crippen LogP contribution in [0.2, 0.25) is 0 Å². The second-order valence-corrected chi connectivity index (χ2v) is 4.91. The summed E-state index contributed by atoms with van der Waals surface area (Å²) in [6.45, 7) is 7.62. The number of amides is 1. The minimum Gasteiger partial charge on any atom is -0.381 e. The Kier molecular flexibility index (Phi) is 7.21. The van der Waals surface area contributed by atoms with Gasteiger partial charge in [-0.15, -0.1) is 0 Å². The van der Waals surface area contributed by atoms with Crippen molar-refractivity contribution >= 4 is 5.91 Å². The number of rotatable bonds is 7. The van der Waals surface area contributed by atoms with Crippen molar-refractivity contribution in [1.29, 1.82) is 0 Å². The summed E-state index contributed by atoms with van der Waals surface area (Å²) < 4.78 is 5.41. The molecule has 0 aliphatic carbocycles. The van der Waals surface area contributed by atoms with E-state index in [0.29, 0.717) is 12.3 Å². The summed E-state index contributed by atoms with van der Waals surface area (Å²) in [5.74, 6) is 0.771. The van der Waals surface area contributed by atoms with Crippen LogP contribution in [0.25, 0.3) is 0 Å². The quantitative estimate of drug-likeness (QED) is 0.662. The first-order valence-electron chi connectivity index (χ1n) is 6.80. The van der Waals surface area contributed by atoms with Crippen LogP contribution in [-0.2, 0) is 9.53 Å². The van der Waals surface area contributed by atoms with Crippen LogP contribution >= 0.6 is 0 Å². The average molecular weight is 242 g/mol. The summed E-state index contributed by atoms with van der Waals surface area (Å²) >= 11 is 0. The lowest BCUT2D eigenvalue weighted by Gasteiger charge is -2.22. The molecule has 4 nitrogen and oxygen atoms in total. The maximum atomic E-state index is 11.5. The molecular weight excluding hydrogens is 216 g/mol. The van der Waals surface area contributed by atoms with Crippen molar-refractivity contribution in [1.82, 2.24) is 10.6 Å². The zero-order valence-corrected chi connectivity index (χ0v) is 11.1. The third-order valence-corrected chi connectivity index (χ3v) is 3.24. The van der Waals surface area contributed by atoms with Gasteiger partial charge in [-0.3, -0.25) is 4.79 Å². The molecule has 0 bridgehead atoms. The van der Waals surface area contributed by atoms with Crippen molar-refractivity contribution in [3.05, 3.63) is 0 Å². The van der Waals surface area contributed by atoms with Gasteiger partial charge in [-0.25, -0.2) is 0 Å². The Morgan fingerprint density at radius 3 is 3.00 bits per heavy atom. The van der Waals surface area contributed by atoms with Crippen LogP contribution in [-0.4, -0.2) is 38.3 Å². The maximum absolute atomic E-state index is 11.5. The van der Waals surface area contributed by atoms with Crippen LogP contribution in [0.5, 0.6) is 0 Å². The molecule has 0 spiro atoms. The third-order valence-electron chi connectivity index (χ3n) is 3.24. The van der Waals surface area contributed by atoms with E-state index in [2.05, 4.69) is 17.6 Å². The molecule has 1 rings (SSSR count). The first-order valence-corrected chi connectivity index (χ1v) is 6.80. The van der Waals surface area contributed by atoms with Crippen molar-refractivity contribution in [2.75, 3.05) is 26.3 Å². The van der Waals surface area contributed by atoms with Crippen molar-refractivity contribution < 1.29 is 9.53 Å². The minimum absolute atomic E-state index is 0.145. The summed E-state index contributed by atoms with van der Waals surface area (Å²) in [6, 6.07) is 0.286. The highest BCUT2D eigenvalue weighted by Gasteiger charge is 2.13. The van der Waals surface area contributed by atoms with E-state index in [0.717, 1.165) is 32.7 Å². The number of hydrogen-bond acceptors (Lipinski definition) is 3. The third kappa shape index (κ3) is 6.64. The van der Waals surface area contributed by atoms with Gasteiger partial charge in [-0.1, -0.05) is 6.92 Å². The second kappa shape index (κ2) is 8.48. The summed E-state index contributed by atoms with van der Waals surface area (Å²) in [7, 11) is 0. The minimum atomic E-state index is 0.145. The molecule has 2 unspecified atom stereocenters. The van der Waals surface area contributed by atoms with Crippen LogP contribution in [0.3, 0.4) is 0 Å². The van der Waals surface area contributed by atoms with Crippen LogP contribution in [0.4, 0.5) is 0 Å². The van der Waals surface area contributed by atoms with Crippen LogP contribution in [0.1, 0.15) is 39.5 Å². The summed E-state index contributed by atoms with van der Waals surface area (Å²) in [5, 5.41) is 6.30. The van der Waals surface area contributed by atoms with Gasteiger partial charge in [0.2, 0.25) is 5.91 Å². The molecule has 0 aromatic heterocycles. The first-order chi connectivity index (χ1) is 8.22. The molecule has 1 heterocycles. The number of nitrogens with one attached hydrogen (secondary N) is 2. The van der Waals surface area contributed by atoms with Gasteiger partial charge in [0.1, 0.15) is 0 Å². The maximum Gasteiger partial charge on any atom is 0.221 e. The molecule has 0 aromatic carbocycles. The van der Waals surface area contributed by atoms with E-state index < -0.39 is 0 Å². The highest BCUT2D eigenvalue weighted by Crippen LogP contribution is 2.11. The highest BCUT2D eigenvalue weighted by molar-refractivity contribution is 5.76. The Morgan fingerprint density at radius 2 is 2.35 bits per heavy atom. The zero-order chi connectivity index (χ0) is 12.5. The van der Waals surface area contributed by atoms with Gasteiger partial charge in [-0.2, -0.15) is 0 Å².